The van der Waals surface area contributed by atoms with Crippen molar-refractivity contribution in [1.82, 2.24) is 0 Å². The Morgan fingerprint density at radius 1 is 1.25 bits per heavy atom. The van der Waals surface area contributed by atoms with Crippen molar-refractivity contribution < 1.29 is 0 Å². The van der Waals surface area contributed by atoms with Gasteiger partial charge in [0.25, 0.3) is 0 Å². The fraction of sp³-hybridized carbons (Fsp3) is 1.00. The topological polar surface area (TPSA) is 0 Å². The molecule has 0 radical (unpaired) electrons. The summed E-state index contributed by atoms with van der Waals surface area (Å²) in [6.07, 6.45) is 8.92. The van der Waals surface area contributed by atoms with Gasteiger partial charge < -0.3 is 0 Å². The van der Waals surface area contributed by atoms with Crippen LogP contribution in [0.3, 0.4) is 0 Å². The van der Waals surface area contributed by atoms with Gasteiger partial charge in [-0.15, -0.1) is 0 Å². The molecular weight excluding hydrogens is 144 g/mol. The van der Waals surface area contributed by atoms with Crippen molar-refractivity contribution in [1.29, 1.82) is 0 Å². The minimum absolute atomic E-state index is 0.906. The second-order valence-electron chi connectivity index (χ2n) is 5.11. The number of hydrogen-bond acceptors (Lipinski definition) is 0. The van der Waals surface area contributed by atoms with E-state index in [2.05, 4.69) is 20.8 Å². The molecule has 0 heteroatoms. The molecule has 2 unspecified atom stereocenters. The molecule has 0 heterocycles. The van der Waals surface area contributed by atoms with E-state index in [0.29, 0.717) is 0 Å². The zero-order chi connectivity index (χ0) is 8.97. The van der Waals surface area contributed by atoms with Crippen molar-refractivity contribution in [2.75, 3.05) is 0 Å². The van der Waals surface area contributed by atoms with Crippen LogP contribution in [-0.2, 0) is 0 Å². The second kappa shape index (κ2) is 4.89. The van der Waals surface area contributed by atoms with Gasteiger partial charge in [-0.05, 0) is 24.2 Å². The zero-order valence-corrected chi connectivity index (χ0v) is 8.97. The molecule has 1 saturated carbocycles. The first-order valence-electron chi connectivity index (χ1n) is 5.68. The summed E-state index contributed by atoms with van der Waals surface area (Å²) in [5.41, 5.74) is 0. The first kappa shape index (κ1) is 10.1. The van der Waals surface area contributed by atoms with E-state index in [-0.39, 0.29) is 0 Å². The summed E-state index contributed by atoms with van der Waals surface area (Å²) in [5, 5.41) is 0. The Bertz CT molecular complexity index is 115. The second-order valence-corrected chi connectivity index (χ2v) is 5.11. The first-order chi connectivity index (χ1) is 5.68. The maximum absolute atomic E-state index is 2.41. The molecule has 0 amide bonds. The minimum Gasteiger partial charge on any atom is -0.0628 e. The maximum atomic E-state index is 2.41. The summed E-state index contributed by atoms with van der Waals surface area (Å²) in [7, 11) is 0. The Morgan fingerprint density at radius 2 is 2.00 bits per heavy atom. The lowest BCUT2D eigenvalue weighted by atomic mass is 9.96. The molecular formula is C12H24. The molecule has 1 fully saturated rings. The third-order valence-corrected chi connectivity index (χ3v) is 3.20. The van der Waals surface area contributed by atoms with Crippen molar-refractivity contribution in [3.63, 3.8) is 0 Å². The van der Waals surface area contributed by atoms with Crippen LogP contribution in [-0.4, -0.2) is 0 Å². The molecule has 0 N–H and O–H groups in total. The lowest BCUT2D eigenvalue weighted by Crippen LogP contribution is -1.96. The summed E-state index contributed by atoms with van der Waals surface area (Å²) in [5.74, 6) is 3.01. The Hall–Kier alpha value is 0. The van der Waals surface area contributed by atoms with E-state index in [0.717, 1.165) is 17.8 Å². The summed E-state index contributed by atoms with van der Waals surface area (Å²) in [6.45, 7) is 7.07. The van der Waals surface area contributed by atoms with Crippen LogP contribution in [0.25, 0.3) is 0 Å². The molecule has 0 aromatic carbocycles. The lowest BCUT2D eigenvalue weighted by molar-refractivity contribution is 0.430. The van der Waals surface area contributed by atoms with Gasteiger partial charge >= 0.3 is 0 Å². The predicted molar refractivity (Wildman–Crippen MR) is 55.2 cm³/mol. The van der Waals surface area contributed by atoms with Crippen molar-refractivity contribution in [3.8, 4) is 0 Å². The van der Waals surface area contributed by atoms with Gasteiger partial charge in [0, 0.05) is 0 Å². The molecule has 0 bridgehead atoms. The monoisotopic (exact) mass is 168 g/mol. The summed E-state index contributed by atoms with van der Waals surface area (Å²) < 4.78 is 0. The fourth-order valence-electron chi connectivity index (χ4n) is 2.40. The van der Waals surface area contributed by atoms with Crippen LogP contribution in [0.2, 0.25) is 0 Å². The van der Waals surface area contributed by atoms with Crippen LogP contribution in [0.4, 0.5) is 0 Å². The van der Waals surface area contributed by atoms with Crippen molar-refractivity contribution in [2.45, 2.75) is 59.3 Å². The van der Waals surface area contributed by atoms with E-state index in [1.807, 2.05) is 0 Å². The molecule has 72 valence electrons. The van der Waals surface area contributed by atoms with Crippen LogP contribution in [0, 0.1) is 17.8 Å². The maximum Gasteiger partial charge on any atom is -0.0412 e. The van der Waals surface area contributed by atoms with Gasteiger partial charge in [-0.25, -0.2) is 0 Å². The molecule has 1 aliphatic carbocycles. The van der Waals surface area contributed by atoms with Crippen molar-refractivity contribution >= 4 is 0 Å². The van der Waals surface area contributed by atoms with Gasteiger partial charge in [0.2, 0.25) is 0 Å². The highest BCUT2D eigenvalue weighted by molar-refractivity contribution is 4.72. The van der Waals surface area contributed by atoms with E-state index >= 15 is 0 Å². The van der Waals surface area contributed by atoms with Gasteiger partial charge in [0.1, 0.15) is 0 Å². The summed E-state index contributed by atoms with van der Waals surface area (Å²) in [6, 6.07) is 0. The molecule has 2 atom stereocenters. The Kier molecular flexibility index (Phi) is 4.11. The lowest BCUT2D eigenvalue weighted by Gasteiger charge is -2.10. The molecule has 1 rings (SSSR count). The fourth-order valence-corrected chi connectivity index (χ4v) is 2.40. The number of rotatable bonds is 4. The van der Waals surface area contributed by atoms with E-state index in [9.17, 15) is 0 Å². The SMILES string of the molecule is CC(C)CCCC1CCC(C)C1. The Labute approximate surface area is 77.7 Å². The smallest absolute Gasteiger partial charge is 0.0412 e. The predicted octanol–water partition coefficient (Wildman–Crippen LogP) is 4.25. The molecule has 0 aliphatic heterocycles. The summed E-state index contributed by atoms with van der Waals surface area (Å²) >= 11 is 0. The minimum atomic E-state index is 0.906. The quantitative estimate of drug-likeness (QED) is 0.588. The molecule has 0 aromatic rings. The molecule has 0 aromatic heterocycles. The molecule has 0 nitrogen and oxygen atoms in total. The average Bonchev–Trinajstić information content (AvgIpc) is 2.35. The van der Waals surface area contributed by atoms with E-state index in [1.54, 1.807) is 0 Å². The number of hydrogen-bond donors (Lipinski definition) is 0. The van der Waals surface area contributed by atoms with E-state index < -0.39 is 0 Å². The molecule has 12 heavy (non-hydrogen) atoms. The molecule has 0 spiro atoms. The third kappa shape index (κ3) is 3.60. The van der Waals surface area contributed by atoms with E-state index in [4.69, 9.17) is 0 Å². The van der Waals surface area contributed by atoms with E-state index in [1.165, 1.54) is 38.5 Å². The first-order valence-corrected chi connectivity index (χ1v) is 5.68. The van der Waals surface area contributed by atoms with Gasteiger partial charge in [0.15, 0.2) is 0 Å². The normalized spacial score (nSPS) is 30.0. The Balaban J connectivity index is 2.00. The highest BCUT2D eigenvalue weighted by atomic mass is 14.3. The third-order valence-electron chi connectivity index (χ3n) is 3.20. The van der Waals surface area contributed by atoms with Crippen LogP contribution >= 0.6 is 0 Å². The standard InChI is InChI=1S/C12H24/c1-10(2)5-4-6-12-8-7-11(3)9-12/h10-12H,4-9H2,1-3H3. The van der Waals surface area contributed by atoms with Crippen LogP contribution in [0.15, 0.2) is 0 Å². The van der Waals surface area contributed by atoms with Crippen molar-refractivity contribution in [3.05, 3.63) is 0 Å². The van der Waals surface area contributed by atoms with Gasteiger partial charge in [-0.3, -0.25) is 0 Å². The van der Waals surface area contributed by atoms with Crippen LogP contribution in [0.1, 0.15) is 59.3 Å². The summed E-state index contributed by atoms with van der Waals surface area (Å²) in [4.78, 5) is 0. The highest BCUT2D eigenvalue weighted by Crippen LogP contribution is 2.33. The molecule has 1 aliphatic rings. The Morgan fingerprint density at radius 3 is 2.50 bits per heavy atom. The van der Waals surface area contributed by atoms with Crippen LogP contribution in [0.5, 0.6) is 0 Å². The largest absolute Gasteiger partial charge is 0.0628 e. The van der Waals surface area contributed by atoms with Crippen molar-refractivity contribution in [2.24, 2.45) is 17.8 Å². The van der Waals surface area contributed by atoms with Gasteiger partial charge in [-0.1, -0.05) is 52.9 Å². The average molecular weight is 168 g/mol. The zero-order valence-electron chi connectivity index (χ0n) is 8.97. The molecule has 0 saturated heterocycles. The van der Waals surface area contributed by atoms with Gasteiger partial charge in [0.05, 0.1) is 0 Å². The van der Waals surface area contributed by atoms with Gasteiger partial charge in [-0.2, -0.15) is 0 Å². The van der Waals surface area contributed by atoms with Crippen LogP contribution < -0.4 is 0 Å². The highest BCUT2D eigenvalue weighted by Gasteiger charge is 2.20.